The van der Waals surface area contributed by atoms with Gasteiger partial charge in [-0.25, -0.2) is 4.98 Å². The van der Waals surface area contributed by atoms with Gasteiger partial charge in [0.15, 0.2) is 0 Å². The van der Waals surface area contributed by atoms with Crippen molar-refractivity contribution >= 4 is 29.0 Å². The fourth-order valence-electron chi connectivity index (χ4n) is 2.35. The standard InChI is InChI=1S/C15H14Cl2N2O/c1-2-18-15-12(17)8-11(16)13(19-15)10-5-3-4-9-6-7-20-14(9)10/h3-5,8H,2,6-7H2,1H3,(H,18,19). The highest BCUT2D eigenvalue weighted by molar-refractivity contribution is 6.37. The second-order valence-corrected chi connectivity index (χ2v) is 5.39. The van der Waals surface area contributed by atoms with Gasteiger partial charge in [0.1, 0.15) is 11.6 Å². The molecule has 1 N–H and O–H groups in total. The van der Waals surface area contributed by atoms with E-state index in [1.165, 1.54) is 5.56 Å². The summed E-state index contributed by atoms with van der Waals surface area (Å²) in [5, 5.41) is 4.19. The van der Waals surface area contributed by atoms with Crippen LogP contribution < -0.4 is 10.1 Å². The van der Waals surface area contributed by atoms with Gasteiger partial charge in [0.05, 0.1) is 22.3 Å². The highest BCUT2D eigenvalue weighted by Crippen LogP contribution is 2.40. The van der Waals surface area contributed by atoms with Gasteiger partial charge >= 0.3 is 0 Å². The van der Waals surface area contributed by atoms with Gasteiger partial charge in [0, 0.05) is 18.5 Å². The van der Waals surface area contributed by atoms with Gasteiger partial charge < -0.3 is 10.1 Å². The number of pyridine rings is 1. The summed E-state index contributed by atoms with van der Waals surface area (Å²) in [7, 11) is 0. The molecule has 1 aliphatic heterocycles. The van der Waals surface area contributed by atoms with E-state index in [2.05, 4.69) is 16.4 Å². The van der Waals surface area contributed by atoms with Crippen LogP contribution in [0.3, 0.4) is 0 Å². The minimum absolute atomic E-state index is 0.522. The smallest absolute Gasteiger partial charge is 0.145 e. The summed E-state index contributed by atoms with van der Waals surface area (Å²) in [6.45, 7) is 3.45. The Balaban J connectivity index is 2.15. The van der Waals surface area contributed by atoms with Gasteiger partial charge in [-0.2, -0.15) is 0 Å². The van der Waals surface area contributed by atoms with Crippen LogP contribution in [0.2, 0.25) is 10.0 Å². The second kappa shape index (κ2) is 5.51. The molecule has 3 nitrogen and oxygen atoms in total. The molecule has 5 heteroatoms. The molecule has 20 heavy (non-hydrogen) atoms. The Labute approximate surface area is 127 Å². The fourth-order valence-corrected chi connectivity index (χ4v) is 2.88. The van der Waals surface area contributed by atoms with Crippen LogP contribution in [0, 0.1) is 0 Å². The van der Waals surface area contributed by atoms with Crippen molar-refractivity contribution in [2.45, 2.75) is 13.3 Å². The van der Waals surface area contributed by atoms with Gasteiger partial charge in [-0.3, -0.25) is 0 Å². The third-order valence-corrected chi connectivity index (χ3v) is 3.82. The summed E-state index contributed by atoms with van der Waals surface area (Å²) >= 11 is 12.5. The number of halogens is 2. The third-order valence-electron chi connectivity index (χ3n) is 3.24. The van der Waals surface area contributed by atoms with Crippen LogP contribution in [0.25, 0.3) is 11.3 Å². The second-order valence-electron chi connectivity index (χ2n) is 4.57. The largest absolute Gasteiger partial charge is 0.492 e. The zero-order chi connectivity index (χ0) is 14.1. The third kappa shape index (κ3) is 2.32. The highest BCUT2D eigenvalue weighted by atomic mass is 35.5. The number of nitrogens with one attached hydrogen (secondary N) is 1. The van der Waals surface area contributed by atoms with Crippen LogP contribution in [0.4, 0.5) is 5.82 Å². The van der Waals surface area contributed by atoms with E-state index < -0.39 is 0 Å². The van der Waals surface area contributed by atoms with Crippen molar-refractivity contribution in [2.24, 2.45) is 0 Å². The first-order valence-electron chi connectivity index (χ1n) is 6.55. The molecule has 0 saturated heterocycles. The lowest BCUT2D eigenvalue weighted by Gasteiger charge is -2.12. The van der Waals surface area contributed by atoms with E-state index in [1.807, 2.05) is 19.1 Å². The minimum Gasteiger partial charge on any atom is -0.492 e. The zero-order valence-electron chi connectivity index (χ0n) is 11.0. The van der Waals surface area contributed by atoms with E-state index >= 15 is 0 Å². The number of hydrogen-bond acceptors (Lipinski definition) is 3. The number of para-hydroxylation sites is 1. The predicted octanol–water partition coefficient (Wildman–Crippen LogP) is 4.42. The van der Waals surface area contributed by atoms with Crippen molar-refractivity contribution in [1.29, 1.82) is 0 Å². The SMILES string of the molecule is CCNc1nc(-c2cccc3c2OCC3)c(Cl)cc1Cl. The summed E-state index contributed by atoms with van der Waals surface area (Å²) in [4.78, 5) is 4.55. The fraction of sp³-hybridized carbons (Fsp3) is 0.267. The number of hydrogen-bond donors (Lipinski definition) is 1. The number of aromatic nitrogens is 1. The first-order chi connectivity index (χ1) is 9.70. The first-order valence-corrected chi connectivity index (χ1v) is 7.31. The molecule has 1 aliphatic rings. The molecular formula is C15H14Cl2N2O. The summed E-state index contributed by atoms with van der Waals surface area (Å²) in [5.74, 6) is 1.52. The Morgan fingerprint density at radius 3 is 2.95 bits per heavy atom. The first kappa shape index (κ1) is 13.5. The molecule has 0 aliphatic carbocycles. The number of rotatable bonds is 3. The molecular weight excluding hydrogens is 295 g/mol. The molecule has 0 bridgehead atoms. The van der Waals surface area contributed by atoms with E-state index in [4.69, 9.17) is 27.9 Å². The minimum atomic E-state index is 0.522. The van der Waals surface area contributed by atoms with Crippen molar-refractivity contribution in [2.75, 3.05) is 18.5 Å². The van der Waals surface area contributed by atoms with Crippen LogP contribution in [-0.4, -0.2) is 18.1 Å². The number of ether oxygens (including phenoxy) is 1. The maximum Gasteiger partial charge on any atom is 0.145 e. The van der Waals surface area contributed by atoms with E-state index in [9.17, 15) is 0 Å². The van der Waals surface area contributed by atoms with Crippen molar-refractivity contribution in [3.63, 3.8) is 0 Å². The van der Waals surface area contributed by atoms with Crippen LogP contribution in [-0.2, 0) is 6.42 Å². The van der Waals surface area contributed by atoms with Crippen LogP contribution in [0.1, 0.15) is 12.5 Å². The molecule has 0 spiro atoms. The summed E-state index contributed by atoms with van der Waals surface area (Å²) in [6, 6.07) is 7.77. The quantitative estimate of drug-likeness (QED) is 0.911. The maximum absolute atomic E-state index is 6.31. The average Bonchev–Trinajstić information content (AvgIpc) is 2.90. The number of anilines is 1. The highest BCUT2D eigenvalue weighted by Gasteiger charge is 2.20. The number of nitrogens with zero attached hydrogens (tertiary/aromatic N) is 1. The van der Waals surface area contributed by atoms with Crippen LogP contribution in [0.15, 0.2) is 24.3 Å². The summed E-state index contributed by atoms with van der Waals surface area (Å²) in [5.41, 5.74) is 2.81. The molecule has 0 unspecified atom stereocenters. The Morgan fingerprint density at radius 2 is 2.15 bits per heavy atom. The molecule has 2 aromatic rings. The van der Waals surface area contributed by atoms with E-state index in [-0.39, 0.29) is 0 Å². The number of benzene rings is 1. The predicted molar refractivity (Wildman–Crippen MR) is 83.1 cm³/mol. The van der Waals surface area contributed by atoms with Crippen molar-refractivity contribution < 1.29 is 4.74 Å². The van der Waals surface area contributed by atoms with Gasteiger partial charge in [0.25, 0.3) is 0 Å². The molecule has 3 rings (SSSR count). The lowest BCUT2D eigenvalue weighted by atomic mass is 10.1. The van der Waals surface area contributed by atoms with E-state index in [0.717, 1.165) is 24.3 Å². The Hall–Kier alpha value is -1.45. The molecule has 0 fully saturated rings. The van der Waals surface area contributed by atoms with Crippen molar-refractivity contribution in [3.8, 4) is 17.0 Å². The molecule has 2 heterocycles. The van der Waals surface area contributed by atoms with Crippen molar-refractivity contribution in [1.82, 2.24) is 4.98 Å². The van der Waals surface area contributed by atoms with Gasteiger partial charge in [-0.05, 0) is 24.6 Å². The van der Waals surface area contributed by atoms with E-state index in [1.54, 1.807) is 6.07 Å². The average molecular weight is 309 g/mol. The Morgan fingerprint density at radius 1 is 1.30 bits per heavy atom. The van der Waals surface area contributed by atoms with Gasteiger partial charge in [0.2, 0.25) is 0 Å². The molecule has 1 aromatic carbocycles. The van der Waals surface area contributed by atoms with Crippen LogP contribution in [0.5, 0.6) is 5.75 Å². The lowest BCUT2D eigenvalue weighted by molar-refractivity contribution is 0.358. The summed E-state index contributed by atoms with van der Waals surface area (Å²) < 4.78 is 5.72. The Bertz CT molecular complexity index is 659. The van der Waals surface area contributed by atoms with E-state index in [0.29, 0.717) is 28.2 Å². The molecule has 0 radical (unpaired) electrons. The number of fused-ring (bicyclic) bond motifs is 1. The van der Waals surface area contributed by atoms with Crippen molar-refractivity contribution in [3.05, 3.63) is 39.9 Å². The molecule has 104 valence electrons. The molecule has 0 amide bonds. The molecule has 0 saturated carbocycles. The lowest BCUT2D eigenvalue weighted by Crippen LogP contribution is -2.01. The topological polar surface area (TPSA) is 34.2 Å². The summed E-state index contributed by atoms with van der Waals surface area (Å²) in [6.07, 6.45) is 0.925. The van der Waals surface area contributed by atoms with Gasteiger partial charge in [-0.15, -0.1) is 0 Å². The molecule has 0 atom stereocenters. The molecule has 1 aromatic heterocycles. The monoisotopic (exact) mass is 308 g/mol. The van der Waals surface area contributed by atoms with Crippen LogP contribution >= 0.6 is 23.2 Å². The zero-order valence-corrected chi connectivity index (χ0v) is 12.6. The maximum atomic E-state index is 6.31. The normalized spacial score (nSPS) is 12.9. The Kier molecular flexibility index (Phi) is 3.72. The van der Waals surface area contributed by atoms with Gasteiger partial charge in [-0.1, -0.05) is 35.3 Å².